The summed E-state index contributed by atoms with van der Waals surface area (Å²) < 4.78 is 17.1. The van der Waals surface area contributed by atoms with E-state index in [9.17, 15) is 14.0 Å². The molecular formula is C19H19FN4O2S. The van der Waals surface area contributed by atoms with E-state index in [1.165, 1.54) is 22.3 Å². The van der Waals surface area contributed by atoms with E-state index in [-0.39, 0.29) is 23.2 Å². The van der Waals surface area contributed by atoms with Crippen molar-refractivity contribution in [2.75, 3.05) is 5.32 Å². The number of thiazole rings is 1. The number of amides is 1. The van der Waals surface area contributed by atoms with Crippen LogP contribution >= 0.6 is 11.3 Å². The Balaban J connectivity index is 1.54. The monoisotopic (exact) mass is 386 g/mol. The number of anilines is 1. The SMILES string of the molecule is Cn1ncc2c1C[C@@H](C(=O)Nc1ccc(F)cc1Cn1ccsc1=O)CC2. The summed E-state index contributed by atoms with van der Waals surface area (Å²) in [6.07, 6.45) is 5.74. The molecule has 0 bridgehead atoms. The van der Waals surface area contributed by atoms with E-state index in [0.717, 1.165) is 29.9 Å². The minimum Gasteiger partial charge on any atom is -0.326 e. The molecule has 0 radical (unpaired) electrons. The number of carbonyl (C=O) groups excluding carboxylic acids is 1. The van der Waals surface area contributed by atoms with Crippen molar-refractivity contribution in [3.63, 3.8) is 0 Å². The molecule has 1 aliphatic carbocycles. The summed E-state index contributed by atoms with van der Waals surface area (Å²) in [6, 6.07) is 4.23. The zero-order valence-corrected chi connectivity index (χ0v) is 15.6. The van der Waals surface area contributed by atoms with E-state index >= 15 is 0 Å². The molecule has 0 saturated heterocycles. The van der Waals surface area contributed by atoms with Gasteiger partial charge in [-0.2, -0.15) is 5.10 Å². The number of hydrogen-bond donors (Lipinski definition) is 1. The van der Waals surface area contributed by atoms with Crippen LogP contribution in [-0.4, -0.2) is 20.3 Å². The average Bonchev–Trinajstić information content (AvgIpc) is 3.23. The Morgan fingerprint density at radius 2 is 2.30 bits per heavy atom. The predicted octanol–water partition coefficient (Wildman–Crippen LogP) is 2.57. The van der Waals surface area contributed by atoms with Crippen molar-refractivity contribution in [1.29, 1.82) is 0 Å². The number of aromatic nitrogens is 3. The van der Waals surface area contributed by atoms with Crippen LogP contribution in [0.3, 0.4) is 0 Å². The highest BCUT2D eigenvalue weighted by Crippen LogP contribution is 2.27. The topological polar surface area (TPSA) is 68.9 Å². The van der Waals surface area contributed by atoms with Gasteiger partial charge in [-0.1, -0.05) is 11.3 Å². The first-order valence-electron chi connectivity index (χ1n) is 8.74. The highest BCUT2D eigenvalue weighted by atomic mass is 32.1. The van der Waals surface area contributed by atoms with Crippen molar-refractivity contribution in [3.05, 3.63) is 68.3 Å². The number of fused-ring (bicyclic) bond motifs is 1. The molecule has 27 heavy (non-hydrogen) atoms. The van der Waals surface area contributed by atoms with Crippen molar-refractivity contribution in [1.82, 2.24) is 14.3 Å². The molecule has 4 rings (SSSR count). The van der Waals surface area contributed by atoms with Crippen LogP contribution < -0.4 is 10.2 Å². The molecule has 6 nitrogen and oxygen atoms in total. The van der Waals surface area contributed by atoms with Gasteiger partial charge in [-0.15, -0.1) is 0 Å². The molecule has 3 aromatic rings. The van der Waals surface area contributed by atoms with Gasteiger partial charge in [0.05, 0.1) is 12.7 Å². The van der Waals surface area contributed by atoms with Gasteiger partial charge in [0.1, 0.15) is 5.82 Å². The fourth-order valence-electron chi connectivity index (χ4n) is 3.51. The summed E-state index contributed by atoms with van der Waals surface area (Å²) in [5.74, 6) is -0.648. The van der Waals surface area contributed by atoms with E-state index in [2.05, 4.69) is 10.4 Å². The Bertz CT molecular complexity index is 1050. The zero-order valence-electron chi connectivity index (χ0n) is 14.8. The smallest absolute Gasteiger partial charge is 0.307 e. The third kappa shape index (κ3) is 3.57. The van der Waals surface area contributed by atoms with Crippen molar-refractivity contribution in [3.8, 4) is 0 Å². The first-order valence-corrected chi connectivity index (χ1v) is 9.62. The quantitative estimate of drug-likeness (QED) is 0.749. The van der Waals surface area contributed by atoms with Crippen LogP contribution in [0.2, 0.25) is 0 Å². The fraction of sp³-hybridized carbons (Fsp3) is 0.316. The first-order chi connectivity index (χ1) is 13.0. The molecule has 1 atom stereocenters. The Labute approximate surface area is 159 Å². The van der Waals surface area contributed by atoms with Crippen molar-refractivity contribution >= 4 is 22.9 Å². The number of aryl methyl sites for hydroxylation is 2. The Morgan fingerprint density at radius 1 is 1.44 bits per heavy atom. The number of carbonyl (C=O) groups is 1. The maximum atomic E-state index is 13.7. The summed E-state index contributed by atoms with van der Waals surface area (Å²) in [7, 11) is 1.88. The average molecular weight is 386 g/mol. The summed E-state index contributed by atoms with van der Waals surface area (Å²) >= 11 is 1.08. The second kappa shape index (κ2) is 7.11. The Kier molecular flexibility index (Phi) is 4.65. The van der Waals surface area contributed by atoms with Gasteiger partial charge < -0.3 is 9.88 Å². The van der Waals surface area contributed by atoms with Crippen LogP contribution in [0, 0.1) is 11.7 Å². The molecule has 1 aromatic carbocycles. The second-order valence-corrected chi connectivity index (χ2v) is 7.62. The molecule has 1 aliphatic rings. The maximum absolute atomic E-state index is 13.7. The predicted molar refractivity (Wildman–Crippen MR) is 101 cm³/mol. The lowest BCUT2D eigenvalue weighted by Gasteiger charge is -2.22. The van der Waals surface area contributed by atoms with Gasteiger partial charge >= 0.3 is 4.87 Å². The largest absolute Gasteiger partial charge is 0.326 e. The van der Waals surface area contributed by atoms with Crippen molar-refractivity contribution < 1.29 is 9.18 Å². The number of nitrogens with one attached hydrogen (secondary N) is 1. The number of hydrogen-bond acceptors (Lipinski definition) is 4. The lowest BCUT2D eigenvalue weighted by molar-refractivity contribution is -0.120. The molecule has 2 heterocycles. The van der Waals surface area contributed by atoms with Gasteiger partial charge in [0.15, 0.2) is 0 Å². The van der Waals surface area contributed by atoms with Gasteiger partial charge in [-0.3, -0.25) is 14.3 Å². The van der Waals surface area contributed by atoms with Crippen LogP contribution in [0.15, 0.2) is 40.8 Å². The molecule has 0 saturated carbocycles. The highest BCUT2D eigenvalue weighted by molar-refractivity contribution is 7.07. The minimum atomic E-state index is -0.400. The summed E-state index contributed by atoms with van der Waals surface area (Å²) in [6.45, 7) is 0.215. The third-order valence-corrected chi connectivity index (χ3v) is 5.72. The molecule has 0 fully saturated rings. The van der Waals surface area contributed by atoms with Crippen molar-refractivity contribution in [2.45, 2.75) is 25.8 Å². The van der Waals surface area contributed by atoms with Gasteiger partial charge in [0.2, 0.25) is 5.91 Å². The van der Waals surface area contributed by atoms with E-state index in [1.807, 2.05) is 17.9 Å². The van der Waals surface area contributed by atoms with Gasteiger partial charge in [-0.05, 0) is 42.2 Å². The summed E-state index contributed by atoms with van der Waals surface area (Å²) in [5, 5.41) is 8.88. The summed E-state index contributed by atoms with van der Waals surface area (Å²) in [5.41, 5.74) is 3.39. The molecule has 0 unspecified atom stereocenters. The van der Waals surface area contributed by atoms with Gasteiger partial charge in [-0.25, -0.2) is 4.39 Å². The molecule has 140 valence electrons. The Morgan fingerprint density at radius 3 is 3.07 bits per heavy atom. The molecule has 0 spiro atoms. The maximum Gasteiger partial charge on any atom is 0.307 e. The number of halogens is 1. The second-order valence-electron chi connectivity index (χ2n) is 6.77. The Hall–Kier alpha value is -2.74. The van der Waals surface area contributed by atoms with Crippen LogP contribution in [-0.2, 0) is 31.2 Å². The normalized spacial score (nSPS) is 16.1. The molecule has 1 N–H and O–H groups in total. The fourth-order valence-corrected chi connectivity index (χ4v) is 4.10. The van der Waals surface area contributed by atoms with E-state index in [1.54, 1.807) is 17.6 Å². The minimum absolute atomic E-state index is 0.0904. The molecule has 8 heteroatoms. The summed E-state index contributed by atoms with van der Waals surface area (Å²) in [4.78, 5) is 24.5. The van der Waals surface area contributed by atoms with Crippen LogP contribution in [0.4, 0.5) is 10.1 Å². The third-order valence-electron chi connectivity index (χ3n) is 5.03. The van der Waals surface area contributed by atoms with Gasteiger partial charge in [0, 0.05) is 42.3 Å². The van der Waals surface area contributed by atoms with Crippen LogP contribution in [0.25, 0.3) is 0 Å². The molecular weight excluding hydrogens is 367 g/mol. The number of benzene rings is 1. The number of rotatable bonds is 4. The highest BCUT2D eigenvalue weighted by Gasteiger charge is 2.27. The lowest BCUT2D eigenvalue weighted by atomic mass is 9.87. The van der Waals surface area contributed by atoms with Crippen LogP contribution in [0.1, 0.15) is 23.2 Å². The molecule has 2 aromatic heterocycles. The number of nitrogens with zero attached hydrogens (tertiary/aromatic N) is 3. The zero-order chi connectivity index (χ0) is 19.0. The molecule has 1 amide bonds. The van der Waals surface area contributed by atoms with Gasteiger partial charge in [0.25, 0.3) is 0 Å². The molecule has 0 aliphatic heterocycles. The van der Waals surface area contributed by atoms with Crippen molar-refractivity contribution in [2.24, 2.45) is 13.0 Å². The lowest BCUT2D eigenvalue weighted by Crippen LogP contribution is -2.29. The first kappa shape index (κ1) is 17.7. The van der Waals surface area contributed by atoms with E-state index < -0.39 is 5.82 Å². The van der Waals surface area contributed by atoms with E-state index in [4.69, 9.17) is 0 Å². The van der Waals surface area contributed by atoms with Crippen LogP contribution in [0.5, 0.6) is 0 Å². The van der Waals surface area contributed by atoms with E-state index in [0.29, 0.717) is 17.7 Å². The standard InChI is InChI=1S/C19H19FN4O2S/c1-23-17-9-12(2-3-13(17)10-21-23)18(25)22-16-5-4-15(20)8-14(16)11-24-6-7-27-19(24)26/h4-8,10,12H,2-3,9,11H2,1H3,(H,22,25)/t12-/m0/s1.